The minimum Gasteiger partial charge on any atom is -0.465 e. The van der Waals surface area contributed by atoms with Crippen LogP contribution in [-0.4, -0.2) is 48.8 Å². The Morgan fingerprint density at radius 1 is 0.667 bits per heavy atom. The van der Waals surface area contributed by atoms with Crippen molar-refractivity contribution < 1.29 is 14.6 Å². The van der Waals surface area contributed by atoms with Crippen molar-refractivity contribution in [1.29, 1.82) is 0 Å². The van der Waals surface area contributed by atoms with Crippen LogP contribution in [0.25, 0.3) is 0 Å². The van der Waals surface area contributed by atoms with Crippen molar-refractivity contribution in [1.82, 2.24) is 4.90 Å². The van der Waals surface area contributed by atoms with Crippen LogP contribution in [0, 0.1) is 5.92 Å². The Balaban J connectivity index is 4.15. The maximum absolute atomic E-state index is 12.3. The Morgan fingerprint density at radius 2 is 1.18 bits per heavy atom. The molecule has 0 radical (unpaired) electrons. The number of esters is 1. The normalized spacial score (nSPS) is 12.4. The molecule has 0 bridgehead atoms. The van der Waals surface area contributed by atoms with Gasteiger partial charge in [-0.25, -0.2) is 0 Å². The van der Waals surface area contributed by atoms with Gasteiger partial charge < -0.3 is 14.7 Å². The zero-order valence-electron chi connectivity index (χ0n) is 22.8. The molecule has 0 spiro atoms. The molecule has 0 saturated heterocycles. The van der Waals surface area contributed by atoms with E-state index in [1.807, 2.05) is 0 Å². The highest BCUT2D eigenvalue weighted by Gasteiger charge is 2.13. The predicted molar refractivity (Wildman–Crippen MR) is 143 cm³/mol. The molecule has 0 amide bonds. The van der Waals surface area contributed by atoms with E-state index in [4.69, 9.17) is 9.84 Å². The summed E-state index contributed by atoms with van der Waals surface area (Å²) in [5.74, 6) is 0.491. The van der Waals surface area contributed by atoms with E-state index in [-0.39, 0.29) is 12.6 Å². The Bertz CT molecular complexity index is 396. The van der Waals surface area contributed by atoms with Crippen LogP contribution in [0.3, 0.4) is 0 Å². The highest BCUT2D eigenvalue weighted by Crippen LogP contribution is 2.20. The van der Waals surface area contributed by atoms with E-state index < -0.39 is 0 Å². The molecule has 33 heavy (non-hydrogen) atoms. The number of hydrogen-bond acceptors (Lipinski definition) is 4. The van der Waals surface area contributed by atoms with Crippen LogP contribution in [-0.2, 0) is 9.53 Å². The summed E-state index contributed by atoms with van der Waals surface area (Å²) in [6, 6.07) is 0. The molecule has 0 aromatic heterocycles. The number of aliphatic hydroxyl groups is 1. The average Bonchev–Trinajstić information content (AvgIpc) is 2.81. The van der Waals surface area contributed by atoms with Gasteiger partial charge in [0.2, 0.25) is 0 Å². The Morgan fingerprint density at radius 3 is 1.67 bits per heavy atom. The fourth-order valence-corrected chi connectivity index (χ4v) is 4.61. The molecule has 0 aliphatic carbocycles. The molecule has 0 heterocycles. The number of ether oxygens (including phenoxy) is 1. The number of hydrogen-bond donors (Lipinski definition) is 1. The van der Waals surface area contributed by atoms with Gasteiger partial charge in [0.25, 0.3) is 0 Å². The first-order valence-electron chi connectivity index (χ1n) is 14.7. The summed E-state index contributed by atoms with van der Waals surface area (Å²) in [4.78, 5) is 14.5. The summed E-state index contributed by atoms with van der Waals surface area (Å²) in [7, 11) is 0. The molecular formula is C29H59NO3. The molecular weight excluding hydrogens is 410 g/mol. The third-order valence-electron chi connectivity index (χ3n) is 6.72. The number of nitrogens with zero attached hydrogens (tertiary/aromatic N) is 1. The molecule has 0 aliphatic rings. The zero-order chi connectivity index (χ0) is 24.4. The second-order valence-electron chi connectivity index (χ2n) is 10.0. The molecule has 0 fully saturated rings. The third-order valence-corrected chi connectivity index (χ3v) is 6.72. The predicted octanol–water partition coefficient (Wildman–Crippen LogP) is 7.91. The second-order valence-corrected chi connectivity index (χ2v) is 10.0. The van der Waals surface area contributed by atoms with Gasteiger partial charge in [0.05, 0.1) is 13.2 Å². The van der Waals surface area contributed by atoms with Crippen LogP contribution in [0.1, 0.15) is 143 Å². The smallest absolute Gasteiger partial charge is 0.305 e. The average molecular weight is 470 g/mol. The molecule has 1 atom stereocenters. The largest absolute Gasteiger partial charge is 0.465 e. The molecule has 0 aliphatic heterocycles. The number of carbonyl (C=O) groups excluding carboxylic acids is 1. The maximum Gasteiger partial charge on any atom is 0.305 e. The van der Waals surface area contributed by atoms with E-state index >= 15 is 0 Å². The van der Waals surface area contributed by atoms with Gasteiger partial charge in [-0.15, -0.1) is 0 Å². The topological polar surface area (TPSA) is 49.8 Å². The number of rotatable bonds is 26. The lowest BCUT2D eigenvalue weighted by atomic mass is 9.94. The van der Waals surface area contributed by atoms with Gasteiger partial charge in [-0.05, 0) is 44.7 Å². The lowest BCUT2D eigenvalue weighted by Crippen LogP contribution is -2.29. The van der Waals surface area contributed by atoms with Crippen LogP contribution < -0.4 is 0 Å². The molecule has 0 saturated carbocycles. The van der Waals surface area contributed by atoms with Crippen LogP contribution in [0.2, 0.25) is 0 Å². The quantitative estimate of drug-likeness (QED) is 0.103. The zero-order valence-corrected chi connectivity index (χ0v) is 22.8. The summed E-state index contributed by atoms with van der Waals surface area (Å²) in [6.45, 7) is 10.0. The van der Waals surface area contributed by atoms with E-state index in [1.165, 1.54) is 103 Å². The van der Waals surface area contributed by atoms with Crippen molar-refractivity contribution in [2.45, 2.75) is 143 Å². The fourth-order valence-electron chi connectivity index (χ4n) is 4.61. The summed E-state index contributed by atoms with van der Waals surface area (Å²) < 4.78 is 5.72. The highest BCUT2D eigenvalue weighted by molar-refractivity contribution is 5.69. The molecule has 198 valence electrons. The summed E-state index contributed by atoms with van der Waals surface area (Å²) in [5, 5.41) is 9.17. The summed E-state index contributed by atoms with van der Waals surface area (Å²) in [5.41, 5.74) is 0. The van der Waals surface area contributed by atoms with E-state index in [9.17, 15) is 4.79 Å². The molecule has 1 unspecified atom stereocenters. The molecule has 4 heteroatoms. The van der Waals surface area contributed by atoms with Gasteiger partial charge in [0, 0.05) is 13.0 Å². The van der Waals surface area contributed by atoms with E-state index in [0.29, 0.717) is 25.5 Å². The van der Waals surface area contributed by atoms with Crippen LogP contribution in [0.5, 0.6) is 0 Å². The highest BCUT2D eigenvalue weighted by atomic mass is 16.5. The summed E-state index contributed by atoms with van der Waals surface area (Å²) in [6.07, 6.45) is 23.6. The van der Waals surface area contributed by atoms with Gasteiger partial charge in [0.1, 0.15) is 0 Å². The minimum atomic E-state index is -0.0423. The molecule has 4 nitrogen and oxygen atoms in total. The first-order valence-corrected chi connectivity index (χ1v) is 14.7. The SMILES string of the molecule is CCCCCCCCCCC(CCCCCCCC)COC(=O)CCCN(CCC)CCO. The van der Waals surface area contributed by atoms with E-state index in [1.54, 1.807) is 0 Å². The second kappa shape index (κ2) is 26.0. The first kappa shape index (κ1) is 32.4. The lowest BCUT2D eigenvalue weighted by Gasteiger charge is -2.20. The molecule has 1 N–H and O–H groups in total. The number of carbonyl (C=O) groups is 1. The fraction of sp³-hybridized carbons (Fsp3) is 0.966. The molecule has 0 rings (SSSR count). The third kappa shape index (κ3) is 22.9. The van der Waals surface area contributed by atoms with Crippen molar-refractivity contribution in [3.05, 3.63) is 0 Å². The minimum absolute atomic E-state index is 0.0423. The molecule has 0 aromatic rings. The standard InChI is InChI=1S/C29H59NO3/c1-4-7-9-11-13-14-16-18-21-28(20-17-15-12-10-8-5-2)27-33-29(32)22-19-24-30(23-6-3)25-26-31/h28,31H,4-27H2,1-3H3. The first-order chi connectivity index (χ1) is 16.2. The van der Waals surface area contributed by atoms with E-state index in [2.05, 4.69) is 25.7 Å². The van der Waals surface area contributed by atoms with E-state index in [0.717, 1.165) is 25.9 Å². The van der Waals surface area contributed by atoms with Crippen LogP contribution in [0.15, 0.2) is 0 Å². The molecule has 0 aromatic carbocycles. The van der Waals surface area contributed by atoms with Gasteiger partial charge in [-0.1, -0.05) is 111 Å². The lowest BCUT2D eigenvalue weighted by molar-refractivity contribution is -0.145. The maximum atomic E-state index is 12.3. The van der Waals surface area contributed by atoms with Crippen molar-refractivity contribution in [2.75, 3.05) is 32.8 Å². The van der Waals surface area contributed by atoms with Gasteiger partial charge in [0.15, 0.2) is 0 Å². The Hall–Kier alpha value is -0.610. The van der Waals surface area contributed by atoms with Gasteiger partial charge >= 0.3 is 5.97 Å². The van der Waals surface area contributed by atoms with Crippen molar-refractivity contribution >= 4 is 5.97 Å². The van der Waals surface area contributed by atoms with Crippen molar-refractivity contribution in [2.24, 2.45) is 5.92 Å². The Kier molecular flexibility index (Phi) is 25.5. The Labute approximate surface area is 207 Å². The van der Waals surface area contributed by atoms with Crippen molar-refractivity contribution in [3.8, 4) is 0 Å². The number of unbranched alkanes of at least 4 members (excludes halogenated alkanes) is 12. The summed E-state index contributed by atoms with van der Waals surface area (Å²) >= 11 is 0. The van der Waals surface area contributed by atoms with Crippen LogP contribution >= 0.6 is 0 Å². The van der Waals surface area contributed by atoms with Crippen molar-refractivity contribution in [3.63, 3.8) is 0 Å². The monoisotopic (exact) mass is 469 g/mol. The number of aliphatic hydroxyl groups excluding tert-OH is 1. The van der Waals surface area contributed by atoms with Gasteiger partial charge in [-0.3, -0.25) is 4.79 Å². The van der Waals surface area contributed by atoms with Crippen LogP contribution in [0.4, 0.5) is 0 Å². The van der Waals surface area contributed by atoms with Gasteiger partial charge in [-0.2, -0.15) is 0 Å².